The molecule has 1 amide bonds. The van der Waals surface area contributed by atoms with Crippen LogP contribution in [0.2, 0.25) is 0 Å². The number of aryl methyl sites for hydroxylation is 1. The van der Waals surface area contributed by atoms with E-state index in [-0.39, 0.29) is 11.9 Å². The first-order chi connectivity index (χ1) is 10.1. The third-order valence-electron chi connectivity index (χ3n) is 5.10. The Morgan fingerprint density at radius 3 is 2.86 bits per heavy atom. The number of nitrogens with zero attached hydrogens (tertiary/aromatic N) is 1. The van der Waals surface area contributed by atoms with Gasteiger partial charge in [-0.3, -0.25) is 9.69 Å². The van der Waals surface area contributed by atoms with Crippen LogP contribution in [0.1, 0.15) is 49.8 Å². The van der Waals surface area contributed by atoms with Gasteiger partial charge >= 0.3 is 0 Å². The van der Waals surface area contributed by atoms with Crippen molar-refractivity contribution in [2.24, 2.45) is 5.92 Å². The van der Waals surface area contributed by atoms with Gasteiger partial charge in [0.15, 0.2) is 0 Å². The zero-order chi connectivity index (χ0) is 14.8. The summed E-state index contributed by atoms with van der Waals surface area (Å²) in [6, 6.07) is 9.24. The van der Waals surface area contributed by atoms with Crippen LogP contribution in [-0.4, -0.2) is 30.4 Å². The predicted octanol–water partition coefficient (Wildman–Crippen LogP) is 2.91. The van der Waals surface area contributed by atoms with E-state index in [1.807, 2.05) is 0 Å². The van der Waals surface area contributed by atoms with Crippen LogP contribution in [0.5, 0.6) is 0 Å². The Hall–Kier alpha value is -1.35. The highest BCUT2D eigenvalue weighted by Gasteiger charge is 2.31. The molecule has 0 aromatic heterocycles. The number of hydrogen-bond acceptors (Lipinski definition) is 2. The fourth-order valence-electron chi connectivity index (χ4n) is 3.45. The summed E-state index contributed by atoms with van der Waals surface area (Å²) in [5.74, 6) is 0.963. The molecule has 0 bridgehead atoms. The molecule has 3 rings (SSSR count). The lowest BCUT2D eigenvalue weighted by Gasteiger charge is -2.28. The maximum absolute atomic E-state index is 12.3. The molecule has 0 heterocycles. The lowest BCUT2D eigenvalue weighted by atomic mass is 9.88. The van der Waals surface area contributed by atoms with Crippen LogP contribution in [0.15, 0.2) is 24.3 Å². The number of carbonyl (C=O) groups is 1. The third-order valence-corrected chi connectivity index (χ3v) is 5.10. The van der Waals surface area contributed by atoms with Crippen LogP contribution in [0.4, 0.5) is 0 Å². The standard InChI is InChI=1S/C18H26N2O/c1-13(14-10-11-14)20(2)12-18(21)19-17-9-5-7-15-6-3-4-8-16(15)17/h3-4,6,8,13-14,17H,5,7,9-12H2,1-2H3,(H,19,21)/t13-,17+/m0/s1. The molecule has 0 spiro atoms. The maximum Gasteiger partial charge on any atom is 0.234 e. The molecule has 2 aliphatic carbocycles. The molecule has 0 saturated heterocycles. The first-order valence-electron chi connectivity index (χ1n) is 8.22. The van der Waals surface area contributed by atoms with E-state index in [2.05, 4.69) is 48.5 Å². The van der Waals surface area contributed by atoms with Gasteiger partial charge in [0.05, 0.1) is 12.6 Å². The molecule has 2 aliphatic rings. The molecule has 1 aromatic rings. The van der Waals surface area contributed by atoms with Crippen molar-refractivity contribution >= 4 is 5.91 Å². The fraction of sp³-hybridized carbons (Fsp3) is 0.611. The average molecular weight is 286 g/mol. The molecule has 2 atom stereocenters. The van der Waals surface area contributed by atoms with Crippen LogP contribution in [-0.2, 0) is 11.2 Å². The highest BCUT2D eigenvalue weighted by Crippen LogP contribution is 2.34. The van der Waals surface area contributed by atoms with Crippen molar-refractivity contribution in [3.05, 3.63) is 35.4 Å². The van der Waals surface area contributed by atoms with Crippen LogP contribution in [0, 0.1) is 5.92 Å². The van der Waals surface area contributed by atoms with Crippen LogP contribution >= 0.6 is 0 Å². The first-order valence-corrected chi connectivity index (χ1v) is 8.22. The normalized spacial score (nSPS) is 22.7. The second-order valence-electron chi connectivity index (χ2n) is 6.70. The van der Waals surface area contributed by atoms with Gasteiger partial charge in [0.25, 0.3) is 0 Å². The molecule has 1 aromatic carbocycles. The van der Waals surface area contributed by atoms with Crippen molar-refractivity contribution < 1.29 is 4.79 Å². The summed E-state index contributed by atoms with van der Waals surface area (Å²) in [5.41, 5.74) is 2.71. The number of amides is 1. The monoisotopic (exact) mass is 286 g/mol. The Bertz CT molecular complexity index is 510. The molecular weight excluding hydrogens is 260 g/mol. The van der Waals surface area contributed by atoms with Crippen LogP contribution in [0.25, 0.3) is 0 Å². The Kier molecular flexibility index (Phi) is 4.29. The van der Waals surface area contributed by atoms with Crippen molar-refractivity contribution in [1.82, 2.24) is 10.2 Å². The van der Waals surface area contributed by atoms with E-state index in [1.54, 1.807) is 0 Å². The van der Waals surface area contributed by atoms with Crippen molar-refractivity contribution in [2.45, 2.75) is 51.1 Å². The molecule has 21 heavy (non-hydrogen) atoms. The molecule has 0 unspecified atom stereocenters. The van der Waals surface area contributed by atoms with Crippen molar-refractivity contribution in [1.29, 1.82) is 0 Å². The first kappa shape index (κ1) is 14.6. The van der Waals surface area contributed by atoms with E-state index in [9.17, 15) is 4.79 Å². The molecule has 114 valence electrons. The van der Waals surface area contributed by atoms with Crippen LogP contribution in [0.3, 0.4) is 0 Å². The highest BCUT2D eigenvalue weighted by molar-refractivity contribution is 5.78. The second kappa shape index (κ2) is 6.18. The molecule has 0 aliphatic heterocycles. The summed E-state index contributed by atoms with van der Waals surface area (Å²) < 4.78 is 0. The molecule has 1 N–H and O–H groups in total. The Labute approximate surface area is 127 Å². The zero-order valence-electron chi connectivity index (χ0n) is 13.1. The van der Waals surface area contributed by atoms with Gasteiger partial charge in [0.2, 0.25) is 5.91 Å². The summed E-state index contributed by atoms with van der Waals surface area (Å²) in [5, 5.41) is 3.24. The van der Waals surface area contributed by atoms with Gasteiger partial charge in [0, 0.05) is 6.04 Å². The van der Waals surface area contributed by atoms with Gasteiger partial charge in [-0.25, -0.2) is 0 Å². The number of hydrogen-bond donors (Lipinski definition) is 1. The smallest absolute Gasteiger partial charge is 0.234 e. The zero-order valence-corrected chi connectivity index (χ0v) is 13.1. The number of benzene rings is 1. The van der Waals surface area contributed by atoms with Crippen molar-refractivity contribution in [3.63, 3.8) is 0 Å². The van der Waals surface area contributed by atoms with E-state index in [4.69, 9.17) is 0 Å². The summed E-state index contributed by atoms with van der Waals surface area (Å²) >= 11 is 0. The number of carbonyl (C=O) groups excluding carboxylic acids is 1. The molecule has 3 nitrogen and oxygen atoms in total. The number of likely N-dealkylation sites (N-methyl/N-ethyl adjacent to an activating group) is 1. The minimum Gasteiger partial charge on any atom is -0.348 e. The minimum absolute atomic E-state index is 0.159. The van der Waals surface area contributed by atoms with E-state index < -0.39 is 0 Å². The molecule has 0 radical (unpaired) electrons. The molecule has 3 heteroatoms. The van der Waals surface area contributed by atoms with E-state index >= 15 is 0 Å². The second-order valence-corrected chi connectivity index (χ2v) is 6.70. The van der Waals surface area contributed by atoms with Crippen molar-refractivity contribution in [3.8, 4) is 0 Å². The van der Waals surface area contributed by atoms with Gasteiger partial charge in [0.1, 0.15) is 0 Å². The van der Waals surface area contributed by atoms with E-state index in [0.29, 0.717) is 12.6 Å². The fourth-order valence-corrected chi connectivity index (χ4v) is 3.45. The quantitative estimate of drug-likeness (QED) is 0.902. The maximum atomic E-state index is 12.3. The Balaban J connectivity index is 1.58. The predicted molar refractivity (Wildman–Crippen MR) is 85.1 cm³/mol. The lowest BCUT2D eigenvalue weighted by molar-refractivity contribution is -0.123. The van der Waals surface area contributed by atoms with Gasteiger partial charge in [-0.05, 0) is 63.1 Å². The lowest BCUT2D eigenvalue weighted by Crippen LogP contribution is -2.42. The molecule has 1 fully saturated rings. The molecular formula is C18H26N2O. The van der Waals surface area contributed by atoms with Gasteiger partial charge in [-0.1, -0.05) is 24.3 Å². The van der Waals surface area contributed by atoms with Gasteiger partial charge in [-0.15, -0.1) is 0 Å². The van der Waals surface area contributed by atoms with Crippen LogP contribution < -0.4 is 5.32 Å². The van der Waals surface area contributed by atoms with E-state index in [1.165, 1.54) is 24.0 Å². The molecule has 1 saturated carbocycles. The number of nitrogens with one attached hydrogen (secondary N) is 1. The Morgan fingerprint density at radius 1 is 1.33 bits per heavy atom. The summed E-state index contributed by atoms with van der Waals surface area (Å²) in [6.45, 7) is 2.75. The summed E-state index contributed by atoms with van der Waals surface area (Å²) in [7, 11) is 2.07. The minimum atomic E-state index is 0.159. The topological polar surface area (TPSA) is 32.3 Å². The SMILES string of the molecule is C[C@@H](C1CC1)N(C)CC(=O)N[C@@H]1CCCc2ccccc21. The van der Waals surface area contributed by atoms with E-state index in [0.717, 1.165) is 25.2 Å². The number of fused-ring (bicyclic) bond motifs is 1. The van der Waals surface area contributed by atoms with Crippen molar-refractivity contribution in [2.75, 3.05) is 13.6 Å². The largest absolute Gasteiger partial charge is 0.348 e. The van der Waals surface area contributed by atoms with Gasteiger partial charge in [-0.2, -0.15) is 0 Å². The van der Waals surface area contributed by atoms with Gasteiger partial charge < -0.3 is 5.32 Å². The number of rotatable bonds is 5. The highest BCUT2D eigenvalue weighted by atomic mass is 16.2. The average Bonchev–Trinajstić information content (AvgIpc) is 3.31. The summed E-state index contributed by atoms with van der Waals surface area (Å²) in [4.78, 5) is 14.5. The summed E-state index contributed by atoms with van der Waals surface area (Å²) in [6.07, 6.45) is 6.01. The third kappa shape index (κ3) is 3.46. The Morgan fingerprint density at radius 2 is 2.10 bits per heavy atom.